The molecule has 2 N–H and O–H groups in total. The summed E-state index contributed by atoms with van der Waals surface area (Å²) in [5.41, 5.74) is 0. The van der Waals surface area contributed by atoms with Gasteiger partial charge >= 0.3 is 0 Å². The van der Waals surface area contributed by atoms with E-state index < -0.39 is 4.84 Å². The molecule has 0 radical (unpaired) electrons. The van der Waals surface area contributed by atoms with E-state index in [1.54, 1.807) is 0 Å². The maximum Gasteiger partial charge on any atom is 0.130 e. The lowest BCUT2D eigenvalue weighted by Gasteiger charge is -1.84. The largest absolute Gasteiger partial charge is 0.400 e. The molecule has 0 saturated heterocycles. The van der Waals surface area contributed by atoms with Gasteiger partial charge in [0.2, 0.25) is 0 Å². The molecule has 4 heteroatoms. The number of hydrogen-bond acceptors (Lipinski definition) is 2. The minimum Gasteiger partial charge on any atom is -0.400 e. The Morgan fingerprint density at radius 1 is 1.43 bits per heavy atom. The van der Waals surface area contributed by atoms with Crippen molar-refractivity contribution in [2.75, 3.05) is 13.7 Å². The average molecular weight is 147 g/mol. The molecule has 7 heavy (non-hydrogen) atoms. The Hall–Kier alpha value is 0.500. The van der Waals surface area contributed by atoms with Gasteiger partial charge in [-0.3, -0.25) is 0 Å². The molecular weight excluding hydrogens is 139 g/mol. The molecule has 0 amide bonds. The van der Waals surface area contributed by atoms with Crippen molar-refractivity contribution in [2.24, 2.45) is 0 Å². The fourth-order valence-corrected chi connectivity index (χ4v) is 0. The molecule has 0 unspecified atom stereocenters. The smallest absolute Gasteiger partial charge is 0.130 e. The zero-order valence-corrected chi connectivity index (χ0v) is 5.45. The highest BCUT2D eigenvalue weighted by Crippen LogP contribution is 1.96. The first-order valence-electron chi connectivity index (χ1n) is 1.61. The summed E-state index contributed by atoms with van der Waals surface area (Å²) in [4.78, 5) is -0.616. The predicted molar refractivity (Wildman–Crippen MR) is 30.7 cm³/mol. The summed E-state index contributed by atoms with van der Waals surface area (Å²) in [6.07, 6.45) is 0. The molecular formula is C3H8Cl2O2. The minimum atomic E-state index is -0.616. The maximum absolute atomic E-state index is 7.88. The summed E-state index contributed by atoms with van der Waals surface area (Å²) < 4.78 is 0. The molecule has 0 rings (SSSR count). The van der Waals surface area contributed by atoms with Gasteiger partial charge in [0.25, 0.3) is 0 Å². The number of rotatable bonds is 1. The summed E-state index contributed by atoms with van der Waals surface area (Å²) in [7, 11) is 1.00. The van der Waals surface area contributed by atoms with Crippen molar-refractivity contribution in [1.82, 2.24) is 0 Å². The Morgan fingerprint density at radius 3 is 1.57 bits per heavy atom. The first kappa shape index (κ1) is 10.5. The summed E-state index contributed by atoms with van der Waals surface area (Å²) in [6.45, 7) is -0.164. The van der Waals surface area contributed by atoms with Gasteiger partial charge in [-0.25, -0.2) is 0 Å². The average Bonchev–Trinajstić information content (AvgIpc) is 1.73. The lowest BCUT2D eigenvalue weighted by Crippen LogP contribution is -1.90. The number of hydrogen-bond donors (Lipinski definition) is 2. The Kier molecular flexibility index (Phi) is 14.5. The Balaban J connectivity index is 0. The Morgan fingerprint density at radius 2 is 1.57 bits per heavy atom. The summed E-state index contributed by atoms with van der Waals surface area (Å²) in [5.74, 6) is 0. The molecule has 0 saturated carbocycles. The summed E-state index contributed by atoms with van der Waals surface area (Å²) in [5, 5.41) is 14.9. The molecule has 0 aliphatic carbocycles. The van der Waals surface area contributed by atoms with Gasteiger partial charge in [-0.2, -0.15) is 0 Å². The van der Waals surface area contributed by atoms with Crippen LogP contribution >= 0.6 is 23.2 Å². The van der Waals surface area contributed by atoms with Gasteiger partial charge in [0, 0.05) is 7.11 Å². The Bertz CT molecular complexity index is 24.9. The van der Waals surface area contributed by atoms with E-state index >= 15 is 0 Å². The standard InChI is InChI=1S/C2H4Cl2O.CH4O/c3-2(4)1-5;1-2/h2,5H,1H2;2H,1H3. The van der Waals surface area contributed by atoms with Gasteiger partial charge in [0.05, 0.1) is 6.61 Å². The van der Waals surface area contributed by atoms with Gasteiger partial charge in [-0.1, -0.05) is 0 Å². The number of aliphatic hydroxyl groups is 2. The quantitative estimate of drug-likeness (QED) is 0.526. The second-order valence-electron chi connectivity index (χ2n) is 0.574. The van der Waals surface area contributed by atoms with Crippen LogP contribution in [0.3, 0.4) is 0 Å². The van der Waals surface area contributed by atoms with Crippen LogP contribution in [0.5, 0.6) is 0 Å². The van der Waals surface area contributed by atoms with Crippen LogP contribution in [0, 0.1) is 0 Å². The fourth-order valence-electron chi connectivity index (χ4n) is 0. The molecule has 0 aliphatic rings. The van der Waals surface area contributed by atoms with Crippen molar-refractivity contribution in [1.29, 1.82) is 0 Å². The van der Waals surface area contributed by atoms with Crippen LogP contribution < -0.4 is 0 Å². The van der Waals surface area contributed by atoms with E-state index in [1.807, 2.05) is 0 Å². The summed E-state index contributed by atoms with van der Waals surface area (Å²) >= 11 is 9.96. The summed E-state index contributed by atoms with van der Waals surface area (Å²) in [6, 6.07) is 0. The van der Waals surface area contributed by atoms with E-state index in [1.165, 1.54) is 0 Å². The van der Waals surface area contributed by atoms with Gasteiger partial charge in [-0.15, -0.1) is 23.2 Å². The molecule has 0 fully saturated rings. The SMILES string of the molecule is CO.OCC(Cl)Cl. The molecule has 0 heterocycles. The zero-order chi connectivity index (χ0) is 6.28. The highest BCUT2D eigenvalue weighted by molar-refractivity contribution is 6.44. The first-order valence-corrected chi connectivity index (χ1v) is 2.48. The minimum absolute atomic E-state index is 0.164. The van der Waals surface area contributed by atoms with E-state index in [4.69, 9.17) is 33.4 Å². The molecule has 46 valence electrons. The van der Waals surface area contributed by atoms with Crippen LogP contribution in [0.2, 0.25) is 0 Å². The number of alkyl halides is 2. The first-order chi connectivity index (χ1) is 3.27. The van der Waals surface area contributed by atoms with Crippen molar-refractivity contribution in [2.45, 2.75) is 4.84 Å². The van der Waals surface area contributed by atoms with Gasteiger partial charge in [-0.05, 0) is 0 Å². The Labute approximate surface area is 52.7 Å². The second-order valence-corrected chi connectivity index (χ2v) is 1.85. The molecule has 0 aliphatic heterocycles. The van der Waals surface area contributed by atoms with Crippen LogP contribution in [0.15, 0.2) is 0 Å². The molecule has 2 nitrogen and oxygen atoms in total. The third-order valence-electron chi connectivity index (χ3n) is 0.138. The lowest BCUT2D eigenvalue weighted by atomic mass is 10.9. The van der Waals surface area contributed by atoms with E-state index in [2.05, 4.69) is 0 Å². The molecule has 0 atom stereocenters. The third kappa shape index (κ3) is 21.1. The van der Waals surface area contributed by atoms with Crippen molar-refractivity contribution in [3.05, 3.63) is 0 Å². The lowest BCUT2D eigenvalue weighted by molar-refractivity contribution is 0.313. The predicted octanol–water partition coefficient (Wildman–Crippen LogP) is 0.391. The maximum atomic E-state index is 7.88. The van der Waals surface area contributed by atoms with E-state index in [0.29, 0.717) is 0 Å². The normalized spacial score (nSPS) is 7.71. The van der Waals surface area contributed by atoms with Crippen molar-refractivity contribution < 1.29 is 10.2 Å². The topological polar surface area (TPSA) is 40.5 Å². The van der Waals surface area contributed by atoms with Crippen LogP contribution in [-0.2, 0) is 0 Å². The monoisotopic (exact) mass is 146 g/mol. The number of halogens is 2. The molecule has 0 spiro atoms. The third-order valence-corrected chi connectivity index (χ3v) is 0.414. The van der Waals surface area contributed by atoms with Gasteiger partial charge < -0.3 is 10.2 Å². The van der Waals surface area contributed by atoms with E-state index in [9.17, 15) is 0 Å². The van der Waals surface area contributed by atoms with Crippen LogP contribution in [0.4, 0.5) is 0 Å². The zero-order valence-electron chi connectivity index (χ0n) is 3.93. The molecule has 0 aromatic rings. The highest BCUT2D eigenvalue weighted by Gasteiger charge is 1.88. The fraction of sp³-hybridized carbons (Fsp3) is 1.00. The number of aliphatic hydroxyl groups excluding tert-OH is 2. The van der Waals surface area contributed by atoms with E-state index in [0.717, 1.165) is 7.11 Å². The van der Waals surface area contributed by atoms with Crippen LogP contribution in [0.1, 0.15) is 0 Å². The highest BCUT2D eigenvalue weighted by atomic mass is 35.5. The second kappa shape index (κ2) is 9.71. The van der Waals surface area contributed by atoms with Crippen LogP contribution in [-0.4, -0.2) is 28.8 Å². The molecule has 0 bridgehead atoms. The molecule has 0 aromatic carbocycles. The van der Waals surface area contributed by atoms with Crippen molar-refractivity contribution >= 4 is 23.2 Å². The van der Waals surface area contributed by atoms with E-state index in [-0.39, 0.29) is 6.61 Å². The van der Waals surface area contributed by atoms with Gasteiger partial charge in [0.15, 0.2) is 0 Å². The van der Waals surface area contributed by atoms with Gasteiger partial charge in [0.1, 0.15) is 4.84 Å². The molecule has 0 aromatic heterocycles. The van der Waals surface area contributed by atoms with Crippen molar-refractivity contribution in [3.8, 4) is 0 Å². The van der Waals surface area contributed by atoms with Crippen LogP contribution in [0.25, 0.3) is 0 Å². The van der Waals surface area contributed by atoms with Crippen molar-refractivity contribution in [3.63, 3.8) is 0 Å².